The number of nitrogens with zero attached hydrogens (tertiary/aromatic N) is 3. The lowest BCUT2D eigenvalue weighted by molar-refractivity contribution is -0.119. The first-order valence-electron chi connectivity index (χ1n) is 10.6. The van der Waals surface area contributed by atoms with Crippen LogP contribution in [0.2, 0.25) is 0 Å². The van der Waals surface area contributed by atoms with Crippen LogP contribution in [0, 0.1) is 5.82 Å². The predicted octanol–water partition coefficient (Wildman–Crippen LogP) is 1.68. The van der Waals surface area contributed by atoms with Crippen molar-refractivity contribution in [3.05, 3.63) is 29.6 Å². The first kappa shape index (κ1) is 22.9. The van der Waals surface area contributed by atoms with E-state index in [1.54, 1.807) is 6.07 Å². The fourth-order valence-electron chi connectivity index (χ4n) is 3.61. The number of nitrogens with one attached hydrogen (secondary N) is 2. The van der Waals surface area contributed by atoms with Crippen LogP contribution in [0.25, 0.3) is 0 Å². The van der Waals surface area contributed by atoms with Crippen LogP contribution in [-0.2, 0) is 11.3 Å². The smallest absolute Gasteiger partial charge is 0.231 e. The Labute approximate surface area is 173 Å². The molecule has 4 N–H and O–H groups in total. The monoisotopic (exact) mass is 406 g/mol. The summed E-state index contributed by atoms with van der Waals surface area (Å²) in [4.78, 5) is 19.8. The second kappa shape index (κ2) is 11.6. The second-order valence-electron chi connectivity index (χ2n) is 7.31. The standard InChI is InChI=1S/C21H35FN6O/c1-4-24-21(26-17-9-11-27(12-10-17)15-20(23)29)25-14-16-7-8-19(18(22)13-16)28(5-2)6-3/h7-8,13,17H,4-6,9-12,14-15H2,1-3H3,(H2,23,29)(H2,24,25,26). The van der Waals surface area contributed by atoms with Gasteiger partial charge < -0.3 is 21.3 Å². The summed E-state index contributed by atoms with van der Waals surface area (Å²) >= 11 is 0. The molecular formula is C21H35FN6O. The van der Waals surface area contributed by atoms with Crippen molar-refractivity contribution in [2.75, 3.05) is 44.2 Å². The molecule has 1 saturated heterocycles. The third kappa shape index (κ3) is 7.20. The summed E-state index contributed by atoms with van der Waals surface area (Å²) in [6.45, 7) is 10.8. The molecule has 0 aromatic heterocycles. The van der Waals surface area contributed by atoms with E-state index in [4.69, 9.17) is 5.73 Å². The first-order chi connectivity index (χ1) is 14.0. The Morgan fingerprint density at radius 1 is 1.28 bits per heavy atom. The number of likely N-dealkylation sites (tertiary alicyclic amines) is 1. The molecule has 0 unspecified atom stereocenters. The molecule has 2 rings (SSSR count). The van der Waals surface area contributed by atoms with E-state index in [1.165, 1.54) is 0 Å². The minimum atomic E-state index is -0.287. The SMILES string of the molecule is CCNC(=NCc1ccc(N(CC)CC)c(F)c1)NC1CCN(CC(N)=O)CC1. The van der Waals surface area contributed by atoms with Crippen LogP contribution in [0.4, 0.5) is 10.1 Å². The molecule has 1 aromatic rings. The van der Waals surface area contributed by atoms with Gasteiger partial charge in [0.05, 0.1) is 18.8 Å². The quantitative estimate of drug-likeness (QED) is 0.429. The third-order valence-electron chi connectivity index (χ3n) is 5.19. The molecule has 0 atom stereocenters. The predicted molar refractivity (Wildman–Crippen MR) is 117 cm³/mol. The largest absolute Gasteiger partial charge is 0.370 e. The fourth-order valence-corrected chi connectivity index (χ4v) is 3.61. The fraction of sp³-hybridized carbons (Fsp3) is 0.619. The van der Waals surface area contributed by atoms with Gasteiger partial charge in [0.15, 0.2) is 5.96 Å². The molecule has 162 valence electrons. The summed E-state index contributed by atoms with van der Waals surface area (Å²) in [6.07, 6.45) is 1.84. The number of hydrogen-bond acceptors (Lipinski definition) is 4. The highest BCUT2D eigenvalue weighted by atomic mass is 19.1. The van der Waals surface area contributed by atoms with Crippen LogP contribution in [0.3, 0.4) is 0 Å². The Bertz CT molecular complexity index is 684. The lowest BCUT2D eigenvalue weighted by Crippen LogP contribution is -2.49. The molecule has 0 saturated carbocycles. The Morgan fingerprint density at radius 2 is 1.97 bits per heavy atom. The number of carbonyl (C=O) groups is 1. The normalized spacial score (nSPS) is 15.9. The van der Waals surface area contributed by atoms with Crippen LogP contribution < -0.4 is 21.3 Å². The highest BCUT2D eigenvalue weighted by molar-refractivity contribution is 5.80. The molecule has 0 bridgehead atoms. The van der Waals surface area contributed by atoms with Gasteiger partial charge >= 0.3 is 0 Å². The molecule has 1 aromatic carbocycles. The molecule has 8 heteroatoms. The van der Waals surface area contributed by atoms with Crippen LogP contribution in [0.15, 0.2) is 23.2 Å². The van der Waals surface area contributed by atoms with E-state index >= 15 is 0 Å². The molecule has 1 heterocycles. The van der Waals surface area contributed by atoms with Crippen molar-refractivity contribution in [2.24, 2.45) is 10.7 Å². The van der Waals surface area contributed by atoms with Gasteiger partial charge in [0, 0.05) is 38.8 Å². The van der Waals surface area contributed by atoms with Gasteiger partial charge in [-0.1, -0.05) is 6.07 Å². The van der Waals surface area contributed by atoms with Gasteiger partial charge in [0.2, 0.25) is 5.91 Å². The number of aliphatic imine (C=N–C) groups is 1. The second-order valence-corrected chi connectivity index (χ2v) is 7.31. The minimum absolute atomic E-state index is 0.207. The molecule has 1 amide bonds. The summed E-state index contributed by atoms with van der Waals surface area (Å²) in [6, 6.07) is 5.63. The third-order valence-corrected chi connectivity index (χ3v) is 5.19. The minimum Gasteiger partial charge on any atom is -0.370 e. The number of piperidine rings is 1. The molecule has 1 fully saturated rings. The van der Waals surface area contributed by atoms with E-state index in [9.17, 15) is 9.18 Å². The lowest BCUT2D eigenvalue weighted by atomic mass is 10.1. The van der Waals surface area contributed by atoms with Gasteiger partial charge in [-0.05, 0) is 51.3 Å². The Kier molecular flexibility index (Phi) is 9.18. The van der Waals surface area contributed by atoms with E-state index in [0.717, 1.165) is 57.1 Å². The van der Waals surface area contributed by atoms with Gasteiger partial charge in [-0.3, -0.25) is 9.69 Å². The van der Waals surface area contributed by atoms with Gasteiger partial charge in [0.25, 0.3) is 0 Å². The summed E-state index contributed by atoms with van der Waals surface area (Å²) < 4.78 is 14.5. The summed E-state index contributed by atoms with van der Waals surface area (Å²) in [5, 5.41) is 6.71. The Balaban J connectivity index is 1.95. The number of anilines is 1. The number of halogens is 1. The molecule has 29 heavy (non-hydrogen) atoms. The zero-order valence-corrected chi connectivity index (χ0v) is 17.9. The van der Waals surface area contributed by atoms with Crippen molar-refractivity contribution in [2.45, 2.75) is 46.2 Å². The topological polar surface area (TPSA) is 86.0 Å². The highest BCUT2D eigenvalue weighted by Gasteiger charge is 2.20. The van der Waals surface area contributed by atoms with Crippen LogP contribution >= 0.6 is 0 Å². The molecular weight excluding hydrogens is 371 g/mol. The maximum Gasteiger partial charge on any atom is 0.231 e. The van der Waals surface area contributed by atoms with Gasteiger partial charge in [-0.15, -0.1) is 0 Å². The van der Waals surface area contributed by atoms with Gasteiger partial charge in [0.1, 0.15) is 5.82 Å². The average molecular weight is 407 g/mol. The van der Waals surface area contributed by atoms with E-state index in [-0.39, 0.29) is 11.7 Å². The van der Waals surface area contributed by atoms with Crippen molar-refractivity contribution in [3.8, 4) is 0 Å². The average Bonchev–Trinajstić information content (AvgIpc) is 2.69. The van der Waals surface area contributed by atoms with Crippen LogP contribution in [0.5, 0.6) is 0 Å². The summed E-state index contributed by atoms with van der Waals surface area (Å²) in [5.41, 5.74) is 6.74. The highest BCUT2D eigenvalue weighted by Crippen LogP contribution is 2.20. The molecule has 0 radical (unpaired) electrons. The van der Waals surface area contributed by atoms with Gasteiger partial charge in [-0.25, -0.2) is 9.38 Å². The number of rotatable bonds is 9. The summed E-state index contributed by atoms with van der Waals surface area (Å²) in [5.74, 6) is 0.237. The van der Waals surface area contributed by atoms with Crippen LogP contribution in [-0.4, -0.2) is 62.1 Å². The maximum atomic E-state index is 14.5. The van der Waals surface area contributed by atoms with Crippen molar-refractivity contribution in [1.82, 2.24) is 15.5 Å². The van der Waals surface area contributed by atoms with E-state index < -0.39 is 0 Å². The molecule has 1 aliphatic rings. The number of carbonyl (C=O) groups excluding carboxylic acids is 1. The van der Waals surface area contributed by atoms with Crippen LogP contribution in [0.1, 0.15) is 39.2 Å². The van der Waals surface area contributed by atoms with Crippen molar-refractivity contribution >= 4 is 17.6 Å². The number of primary amides is 1. The van der Waals surface area contributed by atoms with E-state index in [1.807, 2.05) is 37.8 Å². The van der Waals surface area contributed by atoms with E-state index in [0.29, 0.717) is 24.8 Å². The molecule has 0 aliphatic carbocycles. The number of amides is 1. The molecule has 0 spiro atoms. The number of benzene rings is 1. The zero-order chi connectivity index (χ0) is 21.2. The number of guanidine groups is 1. The number of nitrogens with two attached hydrogens (primary N) is 1. The maximum absolute atomic E-state index is 14.5. The number of hydrogen-bond donors (Lipinski definition) is 3. The summed E-state index contributed by atoms with van der Waals surface area (Å²) in [7, 11) is 0. The van der Waals surface area contributed by atoms with Crippen molar-refractivity contribution in [3.63, 3.8) is 0 Å². The molecule has 7 nitrogen and oxygen atoms in total. The van der Waals surface area contributed by atoms with Crippen molar-refractivity contribution in [1.29, 1.82) is 0 Å². The van der Waals surface area contributed by atoms with E-state index in [2.05, 4.69) is 20.5 Å². The van der Waals surface area contributed by atoms with Gasteiger partial charge in [-0.2, -0.15) is 0 Å². The molecule has 1 aliphatic heterocycles. The zero-order valence-electron chi connectivity index (χ0n) is 17.9. The Hall–Kier alpha value is -2.35. The van der Waals surface area contributed by atoms with Crippen molar-refractivity contribution < 1.29 is 9.18 Å². The first-order valence-corrected chi connectivity index (χ1v) is 10.6. The Morgan fingerprint density at radius 3 is 2.52 bits per heavy atom. The lowest BCUT2D eigenvalue weighted by Gasteiger charge is -2.32.